The van der Waals surface area contributed by atoms with Gasteiger partial charge in [0.25, 0.3) is 0 Å². The third-order valence-electron chi connectivity index (χ3n) is 0.924. The van der Waals surface area contributed by atoms with Gasteiger partial charge in [-0.25, -0.2) is 9.47 Å². The summed E-state index contributed by atoms with van der Waals surface area (Å²) in [6.45, 7) is 0. The minimum Gasteiger partial charge on any atom is -0.335 e. The molecule has 3 N–H and O–H groups in total. The monoisotopic (exact) mass is 177 g/mol. The van der Waals surface area contributed by atoms with Crippen molar-refractivity contribution in [2.75, 3.05) is 5.84 Å². The van der Waals surface area contributed by atoms with Crippen LogP contribution >= 0.6 is 23.8 Å². The number of hydrogen-bond acceptors (Lipinski definition) is 3. The molecule has 0 fully saturated rings. The van der Waals surface area contributed by atoms with Crippen LogP contribution in [0.25, 0.3) is 0 Å². The summed E-state index contributed by atoms with van der Waals surface area (Å²) in [5.41, 5.74) is -0.477. The van der Waals surface area contributed by atoms with Crippen molar-refractivity contribution < 1.29 is 0 Å². The van der Waals surface area contributed by atoms with Crippen LogP contribution in [0.1, 0.15) is 0 Å². The number of nitrogens with zero attached hydrogens (tertiary/aromatic N) is 1. The fourth-order valence-corrected chi connectivity index (χ4v) is 0.753. The van der Waals surface area contributed by atoms with Crippen LogP contribution in [0.3, 0.4) is 0 Å². The third-order valence-corrected chi connectivity index (χ3v) is 1.64. The largest absolute Gasteiger partial charge is 0.344 e. The minimum atomic E-state index is -0.477. The van der Waals surface area contributed by atoms with Crippen molar-refractivity contribution in [2.45, 2.75) is 0 Å². The van der Waals surface area contributed by atoms with E-state index >= 15 is 0 Å². The molecule has 1 rings (SSSR count). The molecule has 0 aliphatic carbocycles. The lowest BCUT2D eigenvalue weighted by Gasteiger charge is -1.95. The second-order valence-electron chi connectivity index (χ2n) is 1.64. The van der Waals surface area contributed by atoms with Crippen LogP contribution < -0.4 is 11.5 Å². The maximum absolute atomic E-state index is 10.6. The Bertz CT molecular complexity index is 323. The Morgan fingerprint density at radius 2 is 2.40 bits per heavy atom. The highest BCUT2D eigenvalue weighted by Gasteiger charge is 1.93. The van der Waals surface area contributed by atoms with Gasteiger partial charge in [-0.05, 0) is 0 Å². The van der Waals surface area contributed by atoms with E-state index in [4.69, 9.17) is 17.4 Å². The summed E-state index contributed by atoms with van der Waals surface area (Å²) in [7, 11) is 0. The maximum atomic E-state index is 10.6. The first-order valence-electron chi connectivity index (χ1n) is 2.38. The topological polar surface area (TPSA) is 63.8 Å². The first-order valence-corrected chi connectivity index (χ1v) is 3.16. The van der Waals surface area contributed by atoms with Crippen LogP contribution in [-0.2, 0) is 0 Å². The van der Waals surface area contributed by atoms with Crippen molar-refractivity contribution in [3.05, 3.63) is 26.3 Å². The van der Waals surface area contributed by atoms with Crippen LogP contribution in [-0.4, -0.2) is 9.66 Å². The van der Waals surface area contributed by atoms with Gasteiger partial charge < -0.3 is 5.84 Å². The molecule has 10 heavy (non-hydrogen) atoms. The van der Waals surface area contributed by atoms with E-state index in [1.807, 2.05) is 0 Å². The van der Waals surface area contributed by atoms with Crippen molar-refractivity contribution in [3.63, 3.8) is 0 Å². The van der Waals surface area contributed by atoms with E-state index in [1.165, 1.54) is 6.20 Å². The molecule has 0 unspecified atom stereocenters. The lowest BCUT2D eigenvalue weighted by Crippen LogP contribution is -2.28. The Labute approximate surface area is 66.2 Å². The molecule has 0 spiro atoms. The molecule has 0 atom stereocenters. The number of hydrogen-bond donors (Lipinski definition) is 2. The number of aromatic nitrogens is 2. The predicted octanol–water partition coefficient (Wildman–Crippen LogP) is 0.273. The van der Waals surface area contributed by atoms with E-state index in [2.05, 4.69) is 17.2 Å². The highest BCUT2D eigenvalue weighted by Crippen LogP contribution is 2.02. The Hall–Kier alpha value is -0.810. The normalized spacial score (nSPS) is 9.70. The summed E-state index contributed by atoms with van der Waals surface area (Å²) in [5.74, 6) is 5.13. The van der Waals surface area contributed by atoms with Gasteiger partial charge in [0, 0.05) is 0 Å². The summed E-state index contributed by atoms with van der Waals surface area (Å²) in [6, 6.07) is 0. The van der Waals surface area contributed by atoms with Crippen LogP contribution in [0.15, 0.2) is 11.0 Å². The van der Waals surface area contributed by atoms with Gasteiger partial charge in [-0.2, -0.15) is 0 Å². The van der Waals surface area contributed by atoms with Gasteiger partial charge in [0.05, 0.1) is 11.2 Å². The van der Waals surface area contributed by atoms with Gasteiger partial charge in [0.2, 0.25) is 0 Å². The quantitative estimate of drug-likeness (QED) is 0.442. The molecular weight excluding hydrogens is 174 g/mol. The smallest absolute Gasteiger partial charge is 0.335 e. The molecule has 54 valence electrons. The van der Waals surface area contributed by atoms with Gasteiger partial charge in [-0.3, -0.25) is 4.98 Å². The zero-order valence-electron chi connectivity index (χ0n) is 4.80. The summed E-state index contributed by atoms with van der Waals surface area (Å²) >= 11 is 10.2. The lowest BCUT2D eigenvalue weighted by molar-refractivity contribution is 0.866. The molecule has 1 heterocycles. The van der Waals surface area contributed by atoms with E-state index < -0.39 is 5.69 Å². The molecule has 4 nitrogen and oxygen atoms in total. The van der Waals surface area contributed by atoms with Gasteiger partial charge >= 0.3 is 5.69 Å². The summed E-state index contributed by atoms with van der Waals surface area (Å²) in [5, 5.41) is 0.261. The van der Waals surface area contributed by atoms with Crippen molar-refractivity contribution in [1.82, 2.24) is 9.66 Å². The first-order chi connectivity index (χ1) is 4.61. The van der Waals surface area contributed by atoms with Crippen molar-refractivity contribution in [2.24, 2.45) is 0 Å². The number of nitrogens with two attached hydrogens (primary N) is 1. The van der Waals surface area contributed by atoms with Crippen molar-refractivity contribution >= 4 is 23.8 Å². The molecular formula is C4H4ClN3OS. The highest BCUT2D eigenvalue weighted by atomic mass is 35.5. The molecule has 1 aromatic rings. The van der Waals surface area contributed by atoms with Gasteiger partial charge in [0.15, 0.2) is 0 Å². The molecule has 0 saturated carbocycles. The number of halogens is 1. The minimum absolute atomic E-state index is 0.202. The van der Waals surface area contributed by atoms with Crippen LogP contribution in [0, 0.1) is 4.64 Å². The van der Waals surface area contributed by atoms with Crippen molar-refractivity contribution in [1.29, 1.82) is 0 Å². The highest BCUT2D eigenvalue weighted by molar-refractivity contribution is 7.71. The first kappa shape index (κ1) is 7.30. The Morgan fingerprint density at radius 1 is 1.80 bits per heavy atom. The molecule has 0 amide bonds. The van der Waals surface area contributed by atoms with Gasteiger partial charge in [-0.15, -0.1) is 0 Å². The third kappa shape index (κ3) is 1.19. The number of nitrogen functional groups attached to an aromatic ring is 1. The molecule has 0 bridgehead atoms. The Kier molecular flexibility index (Phi) is 1.78. The fraction of sp³-hybridized carbons (Fsp3) is 0. The molecule has 0 saturated heterocycles. The van der Waals surface area contributed by atoms with Crippen molar-refractivity contribution in [3.8, 4) is 0 Å². The van der Waals surface area contributed by atoms with Gasteiger partial charge in [-0.1, -0.05) is 23.8 Å². The molecule has 0 aliphatic rings. The number of rotatable bonds is 0. The van der Waals surface area contributed by atoms with Crippen LogP contribution in [0.4, 0.5) is 0 Å². The fourth-order valence-electron chi connectivity index (χ4n) is 0.461. The lowest BCUT2D eigenvalue weighted by atomic mass is 10.7. The van der Waals surface area contributed by atoms with Crippen LogP contribution in [0.5, 0.6) is 0 Å². The second-order valence-corrected chi connectivity index (χ2v) is 2.46. The van der Waals surface area contributed by atoms with E-state index in [9.17, 15) is 4.79 Å². The maximum Gasteiger partial charge on any atom is 0.344 e. The molecule has 1 aromatic heterocycles. The van der Waals surface area contributed by atoms with E-state index in [0.29, 0.717) is 0 Å². The van der Waals surface area contributed by atoms with E-state index in [0.717, 1.165) is 4.68 Å². The number of H-pyrrole nitrogens is 1. The zero-order chi connectivity index (χ0) is 7.72. The average Bonchev–Trinajstić information content (AvgIpc) is 1.84. The Balaban J connectivity index is 3.59. The Morgan fingerprint density at radius 3 is 2.90 bits per heavy atom. The summed E-state index contributed by atoms with van der Waals surface area (Å²) in [4.78, 5) is 12.9. The number of aromatic amines is 1. The average molecular weight is 178 g/mol. The molecule has 0 aromatic carbocycles. The summed E-state index contributed by atoms with van der Waals surface area (Å²) in [6.07, 6.45) is 1.25. The van der Waals surface area contributed by atoms with E-state index in [-0.39, 0.29) is 9.66 Å². The predicted molar refractivity (Wildman–Crippen MR) is 41.0 cm³/mol. The van der Waals surface area contributed by atoms with Gasteiger partial charge in [0.1, 0.15) is 4.64 Å². The molecule has 0 radical (unpaired) electrons. The summed E-state index contributed by atoms with van der Waals surface area (Å²) < 4.78 is 1.03. The van der Waals surface area contributed by atoms with E-state index in [1.54, 1.807) is 0 Å². The van der Waals surface area contributed by atoms with Crippen LogP contribution in [0.2, 0.25) is 5.02 Å². The number of nitrogens with one attached hydrogen (secondary N) is 1. The molecule has 0 aliphatic heterocycles. The standard InChI is InChI=1S/C4H4ClN3OS/c5-2-1-8(6)4(9)7-3(2)10/h1H,6H2,(H,7,9,10). The molecule has 6 heteroatoms. The second kappa shape index (κ2) is 2.43. The SMILES string of the molecule is Nn1cc(Cl)c(=S)[nH]c1=O. The zero-order valence-corrected chi connectivity index (χ0v) is 6.37.